The van der Waals surface area contributed by atoms with Crippen LogP contribution in [-0.4, -0.2) is 33.4 Å². The lowest BCUT2D eigenvalue weighted by Gasteiger charge is -2.14. The highest BCUT2D eigenvalue weighted by Gasteiger charge is 2.38. The summed E-state index contributed by atoms with van der Waals surface area (Å²) in [5.74, 6) is -5.99. The van der Waals surface area contributed by atoms with Crippen molar-refractivity contribution in [3.05, 3.63) is 30.3 Å². The SMILES string of the molecule is O=C(O)C(Cl)C(C(=O)O)C(=O)Nc1ccccc1. The second-order valence-electron chi connectivity index (χ2n) is 3.41. The maximum Gasteiger partial charge on any atom is 0.323 e. The number of carbonyl (C=O) groups is 3. The van der Waals surface area contributed by atoms with Crippen LogP contribution in [0.5, 0.6) is 0 Å². The standard InChI is InChI=1S/C11H10ClNO5/c12-8(11(17)18)7(10(15)16)9(14)13-6-4-2-1-3-5-6/h1-5,7-8H,(H,13,14)(H,15,16)(H,17,18). The molecule has 0 aliphatic carbocycles. The Labute approximate surface area is 107 Å². The summed E-state index contributed by atoms with van der Waals surface area (Å²) < 4.78 is 0. The van der Waals surface area contributed by atoms with Gasteiger partial charge in [-0.2, -0.15) is 0 Å². The third-order valence-electron chi connectivity index (χ3n) is 2.12. The summed E-state index contributed by atoms with van der Waals surface area (Å²) in [4.78, 5) is 33.2. The molecule has 1 amide bonds. The first-order valence-electron chi connectivity index (χ1n) is 4.89. The quantitative estimate of drug-likeness (QED) is 0.548. The third-order valence-corrected chi connectivity index (χ3v) is 2.56. The minimum atomic E-state index is -1.86. The largest absolute Gasteiger partial charge is 0.481 e. The molecule has 1 aromatic rings. The first-order chi connectivity index (χ1) is 8.43. The van der Waals surface area contributed by atoms with E-state index in [1.807, 2.05) is 0 Å². The van der Waals surface area contributed by atoms with Gasteiger partial charge in [-0.05, 0) is 12.1 Å². The van der Waals surface area contributed by atoms with E-state index in [-0.39, 0.29) is 0 Å². The molecule has 0 radical (unpaired) electrons. The molecule has 2 unspecified atom stereocenters. The van der Waals surface area contributed by atoms with E-state index < -0.39 is 29.1 Å². The Morgan fingerprint density at radius 1 is 1.06 bits per heavy atom. The van der Waals surface area contributed by atoms with E-state index in [0.717, 1.165) is 0 Å². The number of benzene rings is 1. The fourth-order valence-electron chi connectivity index (χ4n) is 1.25. The van der Waals surface area contributed by atoms with Gasteiger partial charge in [0.05, 0.1) is 0 Å². The van der Waals surface area contributed by atoms with Crippen molar-refractivity contribution in [3.8, 4) is 0 Å². The highest BCUT2D eigenvalue weighted by molar-refractivity contribution is 6.33. The van der Waals surface area contributed by atoms with Crippen molar-refractivity contribution in [3.63, 3.8) is 0 Å². The van der Waals surface area contributed by atoms with Crippen LogP contribution in [0.2, 0.25) is 0 Å². The lowest BCUT2D eigenvalue weighted by Crippen LogP contribution is -2.40. The summed E-state index contributed by atoms with van der Waals surface area (Å²) in [6.45, 7) is 0. The molecule has 2 atom stereocenters. The van der Waals surface area contributed by atoms with Gasteiger partial charge in [-0.1, -0.05) is 18.2 Å². The van der Waals surface area contributed by atoms with E-state index in [4.69, 9.17) is 21.8 Å². The lowest BCUT2D eigenvalue weighted by atomic mass is 10.0. The number of anilines is 1. The minimum absolute atomic E-state index is 0.364. The first kappa shape index (κ1) is 14.0. The van der Waals surface area contributed by atoms with Crippen molar-refractivity contribution < 1.29 is 24.6 Å². The van der Waals surface area contributed by atoms with Gasteiger partial charge < -0.3 is 15.5 Å². The van der Waals surface area contributed by atoms with Crippen LogP contribution in [0.15, 0.2) is 30.3 Å². The van der Waals surface area contributed by atoms with Crippen molar-refractivity contribution in [1.29, 1.82) is 0 Å². The fraction of sp³-hybridized carbons (Fsp3) is 0.182. The van der Waals surface area contributed by atoms with E-state index in [9.17, 15) is 14.4 Å². The Bertz CT molecular complexity index is 462. The number of alkyl halides is 1. The average Bonchev–Trinajstić information content (AvgIpc) is 2.29. The van der Waals surface area contributed by atoms with E-state index in [2.05, 4.69) is 5.32 Å². The van der Waals surface area contributed by atoms with Crippen molar-refractivity contribution >= 4 is 35.1 Å². The molecule has 1 aromatic carbocycles. The zero-order valence-corrected chi connectivity index (χ0v) is 9.79. The van der Waals surface area contributed by atoms with Crippen molar-refractivity contribution in [2.75, 3.05) is 5.32 Å². The molecule has 7 heteroatoms. The maximum absolute atomic E-state index is 11.7. The summed E-state index contributed by atoms with van der Waals surface area (Å²) in [6.07, 6.45) is 0. The zero-order valence-electron chi connectivity index (χ0n) is 9.04. The first-order valence-corrected chi connectivity index (χ1v) is 5.32. The minimum Gasteiger partial charge on any atom is -0.481 e. The van der Waals surface area contributed by atoms with Crippen LogP contribution in [0, 0.1) is 5.92 Å². The number of aliphatic carboxylic acids is 2. The summed E-state index contributed by atoms with van der Waals surface area (Å²) in [5.41, 5.74) is 0.364. The smallest absolute Gasteiger partial charge is 0.323 e. The molecule has 0 saturated carbocycles. The number of amides is 1. The molecule has 0 fully saturated rings. The molecule has 0 aliphatic rings. The summed E-state index contributed by atoms with van der Waals surface area (Å²) in [6, 6.07) is 8.08. The summed E-state index contributed by atoms with van der Waals surface area (Å²) in [5, 5.41) is 17.9. The van der Waals surface area contributed by atoms with Crippen molar-refractivity contribution in [2.24, 2.45) is 5.92 Å². The molecule has 0 heterocycles. The van der Waals surface area contributed by atoms with Gasteiger partial charge in [-0.3, -0.25) is 14.4 Å². The number of para-hydroxylation sites is 1. The van der Waals surface area contributed by atoms with E-state index in [0.29, 0.717) is 5.69 Å². The fourth-order valence-corrected chi connectivity index (χ4v) is 1.48. The van der Waals surface area contributed by atoms with Gasteiger partial charge in [-0.15, -0.1) is 11.6 Å². The van der Waals surface area contributed by atoms with Crippen LogP contribution in [0.1, 0.15) is 0 Å². The van der Waals surface area contributed by atoms with Gasteiger partial charge in [0, 0.05) is 5.69 Å². The Hall–Kier alpha value is -2.08. The summed E-state index contributed by atoms with van der Waals surface area (Å²) >= 11 is 5.40. The van der Waals surface area contributed by atoms with Crippen LogP contribution in [0.25, 0.3) is 0 Å². The topological polar surface area (TPSA) is 104 Å². The predicted octanol–water partition coefficient (Wildman–Crippen LogP) is 1.02. The maximum atomic E-state index is 11.7. The monoisotopic (exact) mass is 271 g/mol. The Balaban J connectivity index is 2.85. The Morgan fingerprint density at radius 3 is 2.06 bits per heavy atom. The molecule has 1 rings (SSSR count). The molecule has 0 aliphatic heterocycles. The number of carbonyl (C=O) groups excluding carboxylic acids is 1. The lowest BCUT2D eigenvalue weighted by molar-refractivity contribution is -0.151. The van der Waals surface area contributed by atoms with Crippen LogP contribution in [-0.2, 0) is 14.4 Å². The third kappa shape index (κ3) is 3.46. The predicted molar refractivity (Wildman–Crippen MR) is 63.5 cm³/mol. The molecule has 6 nitrogen and oxygen atoms in total. The van der Waals surface area contributed by atoms with Crippen LogP contribution >= 0.6 is 11.6 Å². The number of carboxylic acid groups (broad SMARTS) is 2. The number of rotatable bonds is 5. The van der Waals surface area contributed by atoms with Gasteiger partial charge in [0.2, 0.25) is 5.91 Å². The molecule has 0 aromatic heterocycles. The second-order valence-corrected chi connectivity index (χ2v) is 3.88. The van der Waals surface area contributed by atoms with Crippen LogP contribution in [0.4, 0.5) is 5.69 Å². The van der Waals surface area contributed by atoms with Gasteiger partial charge in [-0.25, -0.2) is 0 Å². The van der Waals surface area contributed by atoms with Crippen molar-refractivity contribution in [2.45, 2.75) is 5.38 Å². The molecule has 3 N–H and O–H groups in total. The van der Waals surface area contributed by atoms with E-state index in [1.54, 1.807) is 30.3 Å². The van der Waals surface area contributed by atoms with Gasteiger partial charge >= 0.3 is 11.9 Å². The molecular formula is C11H10ClNO5. The van der Waals surface area contributed by atoms with Crippen molar-refractivity contribution in [1.82, 2.24) is 0 Å². The van der Waals surface area contributed by atoms with Gasteiger partial charge in [0.15, 0.2) is 11.3 Å². The number of hydrogen-bond donors (Lipinski definition) is 3. The highest BCUT2D eigenvalue weighted by atomic mass is 35.5. The van der Waals surface area contributed by atoms with Crippen LogP contribution in [0.3, 0.4) is 0 Å². The number of nitrogens with one attached hydrogen (secondary N) is 1. The molecule has 0 saturated heterocycles. The Morgan fingerprint density at radius 2 is 1.61 bits per heavy atom. The van der Waals surface area contributed by atoms with E-state index >= 15 is 0 Å². The highest BCUT2D eigenvalue weighted by Crippen LogP contribution is 2.15. The molecule has 96 valence electrons. The second kappa shape index (κ2) is 6.02. The number of halogens is 1. The number of carboxylic acids is 2. The zero-order chi connectivity index (χ0) is 13.7. The summed E-state index contributed by atoms with van der Waals surface area (Å²) in [7, 11) is 0. The Kier molecular flexibility index (Phi) is 4.67. The number of hydrogen-bond acceptors (Lipinski definition) is 3. The average molecular weight is 272 g/mol. The van der Waals surface area contributed by atoms with Gasteiger partial charge in [0.1, 0.15) is 0 Å². The van der Waals surface area contributed by atoms with Gasteiger partial charge in [0.25, 0.3) is 0 Å². The van der Waals surface area contributed by atoms with Crippen LogP contribution < -0.4 is 5.32 Å². The molecular weight excluding hydrogens is 262 g/mol. The normalized spacial score (nSPS) is 13.4. The molecule has 0 bridgehead atoms. The molecule has 0 spiro atoms. The van der Waals surface area contributed by atoms with E-state index in [1.165, 1.54) is 0 Å². The molecule has 18 heavy (non-hydrogen) atoms.